The van der Waals surface area contributed by atoms with Crippen LogP contribution in [0.5, 0.6) is 0 Å². The van der Waals surface area contributed by atoms with Gasteiger partial charge in [0, 0.05) is 0 Å². The van der Waals surface area contributed by atoms with Gasteiger partial charge in [-0.25, -0.2) is 0 Å². The molecule has 0 bridgehead atoms. The van der Waals surface area contributed by atoms with Gasteiger partial charge in [0.15, 0.2) is 0 Å². The summed E-state index contributed by atoms with van der Waals surface area (Å²) in [6, 6.07) is 0. The van der Waals surface area contributed by atoms with Crippen molar-refractivity contribution >= 4 is 20.2 Å². The molecule has 1 fully saturated rings. The van der Waals surface area contributed by atoms with E-state index in [-0.39, 0.29) is 3.93 Å². The fraction of sp³-hybridized carbons (Fsp3) is 1.00. The summed E-state index contributed by atoms with van der Waals surface area (Å²) in [4.78, 5) is 0. The van der Waals surface area contributed by atoms with E-state index < -0.39 is 20.2 Å². The fourth-order valence-electron chi connectivity index (χ4n) is 1.17. The predicted octanol–water partition coefficient (Wildman–Crippen LogP) is 0.842. The van der Waals surface area contributed by atoms with E-state index in [9.17, 15) is 3.08 Å². The third-order valence-electron chi connectivity index (χ3n) is 1.70. The van der Waals surface area contributed by atoms with Crippen LogP contribution in [0.4, 0.5) is 0 Å². The van der Waals surface area contributed by atoms with Gasteiger partial charge in [-0.3, -0.25) is 0 Å². The molecule has 0 spiro atoms. The molecule has 0 aromatic heterocycles. The van der Waals surface area contributed by atoms with Gasteiger partial charge in [0.25, 0.3) is 0 Å². The van der Waals surface area contributed by atoms with Crippen molar-refractivity contribution in [1.82, 2.24) is 0 Å². The van der Waals surface area contributed by atoms with E-state index in [4.69, 9.17) is 3.44 Å². The molecule has 0 atom stereocenters. The summed E-state index contributed by atoms with van der Waals surface area (Å²) in [7, 11) is 0. The van der Waals surface area contributed by atoms with Gasteiger partial charge in [-0.2, -0.15) is 0 Å². The molecule has 2 nitrogen and oxygen atoms in total. The first kappa shape index (κ1) is 6.68. The van der Waals surface area contributed by atoms with Gasteiger partial charge in [-0.1, -0.05) is 0 Å². The first-order chi connectivity index (χ1) is 3.80. The van der Waals surface area contributed by atoms with Gasteiger partial charge in [-0.05, 0) is 0 Å². The van der Waals surface area contributed by atoms with Gasteiger partial charge in [-0.15, -0.1) is 0 Å². The molecular formula is C5H10O2Sn. The van der Waals surface area contributed by atoms with Gasteiger partial charge in [0.05, 0.1) is 0 Å². The van der Waals surface area contributed by atoms with E-state index in [0.717, 1.165) is 12.8 Å². The Hall–Kier alpha value is 0.559. The van der Waals surface area contributed by atoms with Crippen molar-refractivity contribution in [2.45, 2.75) is 29.6 Å². The van der Waals surface area contributed by atoms with Crippen LogP contribution in [0.15, 0.2) is 0 Å². The molecule has 46 valence electrons. The predicted molar refractivity (Wildman–Crippen MR) is 30.9 cm³/mol. The topological polar surface area (TPSA) is 37.3 Å². The summed E-state index contributed by atoms with van der Waals surface area (Å²) in [6.45, 7) is 0. The summed E-state index contributed by atoms with van der Waals surface area (Å²) < 4.78 is 19.4. The Morgan fingerprint density at radius 3 is 2.12 bits per heavy atom. The maximum absolute atomic E-state index is 10.5. The van der Waals surface area contributed by atoms with Crippen LogP contribution in [0.25, 0.3) is 0 Å². The van der Waals surface area contributed by atoms with Crippen LogP contribution in [-0.4, -0.2) is 23.6 Å². The van der Waals surface area contributed by atoms with Crippen molar-refractivity contribution in [2.24, 2.45) is 0 Å². The minimum atomic E-state index is -2.96. The molecule has 8 heavy (non-hydrogen) atoms. The van der Waals surface area contributed by atoms with Crippen molar-refractivity contribution in [2.75, 3.05) is 0 Å². The van der Waals surface area contributed by atoms with Crippen LogP contribution in [0.1, 0.15) is 25.7 Å². The molecule has 0 saturated heterocycles. The quantitative estimate of drug-likeness (QED) is 0.666. The average Bonchev–Trinajstić information content (AvgIpc) is 2.12. The third kappa shape index (κ3) is 1.52. The van der Waals surface area contributed by atoms with E-state index in [1.165, 1.54) is 12.8 Å². The number of hydrogen-bond acceptors (Lipinski definition) is 1. The summed E-state index contributed by atoms with van der Waals surface area (Å²) in [6.07, 6.45) is 4.40. The van der Waals surface area contributed by atoms with E-state index in [1.54, 1.807) is 0 Å². The van der Waals surface area contributed by atoms with Crippen molar-refractivity contribution < 1.29 is 6.52 Å². The van der Waals surface area contributed by atoms with Gasteiger partial charge < -0.3 is 0 Å². The molecule has 1 rings (SSSR count). The Morgan fingerprint density at radius 2 is 1.88 bits per heavy atom. The van der Waals surface area contributed by atoms with Crippen molar-refractivity contribution in [3.8, 4) is 0 Å². The standard InChI is InChI=1S/C5H9.H2O.O.Sn/c1-2-4-5-3-1;;;/h1H,2-5H2;1H2;;/q;;;+1/p-1. The molecule has 1 N–H and O–H groups in total. The number of hydrogen-bond donors (Lipinski definition) is 1. The molecule has 0 radical (unpaired) electrons. The second-order valence-electron chi connectivity index (χ2n) is 2.32. The number of rotatable bonds is 1. The van der Waals surface area contributed by atoms with Crippen LogP contribution < -0.4 is 0 Å². The van der Waals surface area contributed by atoms with E-state index >= 15 is 0 Å². The molecule has 0 amide bonds. The Bertz CT molecular complexity index is 96.6. The van der Waals surface area contributed by atoms with Crippen LogP contribution in [0.3, 0.4) is 0 Å². The summed E-state index contributed by atoms with van der Waals surface area (Å²) in [5, 5.41) is 0. The molecular weight excluding hydrogens is 211 g/mol. The minimum absolute atomic E-state index is 0.261. The normalized spacial score (nSPS) is 21.6. The Balaban J connectivity index is 2.35. The second-order valence-corrected chi connectivity index (χ2v) is 6.58. The van der Waals surface area contributed by atoms with Crippen LogP contribution in [0, 0.1) is 0 Å². The Morgan fingerprint density at radius 1 is 1.38 bits per heavy atom. The van der Waals surface area contributed by atoms with Crippen LogP contribution >= 0.6 is 0 Å². The van der Waals surface area contributed by atoms with Gasteiger partial charge >= 0.3 is 56.3 Å². The molecule has 1 aliphatic carbocycles. The maximum atomic E-state index is 10.5. The molecule has 0 aromatic carbocycles. The third-order valence-corrected chi connectivity index (χ3v) is 5.35. The van der Waals surface area contributed by atoms with Crippen LogP contribution in [0.2, 0.25) is 3.93 Å². The van der Waals surface area contributed by atoms with Crippen molar-refractivity contribution in [3.63, 3.8) is 0 Å². The van der Waals surface area contributed by atoms with Crippen molar-refractivity contribution in [1.29, 1.82) is 0 Å². The zero-order valence-corrected chi connectivity index (χ0v) is 7.62. The van der Waals surface area contributed by atoms with Gasteiger partial charge in [0.1, 0.15) is 0 Å². The molecule has 1 aliphatic rings. The van der Waals surface area contributed by atoms with Gasteiger partial charge in [0.2, 0.25) is 0 Å². The van der Waals surface area contributed by atoms with E-state index in [2.05, 4.69) is 0 Å². The second kappa shape index (κ2) is 2.92. The molecule has 3 heteroatoms. The van der Waals surface area contributed by atoms with Crippen LogP contribution in [-0.2, 0) is 3.08 Å². The SMILES string of the molecule is [O]=[Sn]([OH])[CH]1CCCC1. The first-order valence-electron chi connectivity index (χ1n) is 3.03. The van der Waals surface area contributed by atoms with E-state index in [0.29, 0.717) is 0 Å². The first-order valence-corrected chi connectivity index (χ1v) is 7.12. The summed E-state index contributed by atoms with van der Waals surface area (Å²) >= 11 is -2.96. The Kier molecular flexibility index (Phi) is 2.43. The summed E-state index contributed by atoms with van der Waals surface area (Å²) in [5.41, 5.74) is 0. The average molecular weight is 221 g/mol. The molecule has 0 unspecified atom stereocenters. The summed E-state index contributed by atoms with van der Waals surface area (Å²) in [5.74, 6) is 0. The van der Waals surface area contributed by atoms with E-state index in [1.807, 2.05) is 0 Å². The molecule has 0 aliphatic heterocycles. The molecule has 0 aromatic rings. The fourth-order valence-corrected chi connectivity index (χ4v) is 3.75. The Labute approximate surface area is 56.6 Å². The molecule has 0 heterocycles. The monoisotopic (exact) mass is 222 g/mol. The zero-order chi connectivity index (χ0) is 5.98. The molecule has 1 saturated carbocycles. The van der Waals surface area contributed by atoms with Crippen molar-refractivity contribution in [3.05, 3.63) is 0 Å². The zero-order valence-electron chi connectivity index (χ0n) is 4.76.